The first kappa shape index (κ1) is 17.0. The molecule has 1 aliphatic heterocycles. The fourth-order valence-electron chi connectivity index (χ4n) is 1.88. The molecule has 1 heterocycles. The molecule has 1 aliphatic rings. The lowest BCUT2D eigenvalue weighted by Crippen LogP contribution is -2.41. The number of likely N-dealkylation sites (tertiary alicyclic amines) is 1. The summed E-state index contributed by atoms with van der Waals surface area (Å²) in [6.45, 7) is 17.3. The average Bonchev–Trinajstić information content (AvgIpc) is 2.29. The van der Waals surface area contributed by atoms with E-state index in [0.29, 0.717) is 5.92 Å². The molecule has 3 nitrogen and oxygen atoms in total. The zero-order valence-electron chi connectivity index (χ0n) is 12.9. The predicted molar refractivity (Wildman–Crippen MR) is 76.7 cm³/mol. The molecule has 106 valence electrons. The molecule has 1 fully saturated rings. The van der Waals surface area contributed by atoms with Crippen LogP contribution in [-0.2, 0) is 4.74 Å². The maximum atomic E-state index is 11.8. The minimum absolute atomic E-state index is 0.187. The van der Waals surface area contributed by atoms with E-state index in [-0.39, 0.29) is 6.09 Å². The van der Waals surface area contributed by atoms with Crippen molar-refractivity contribution >= 4 is 6.09 Å². The van der Waals surface area contributed by atoms with Gasteiger partial charge in [0.1, 0.15) is 5.60 Å². The number of piperidine rings is 1. The summed E-state index contributed by atoms with van der Waals surface area (Å²) in [5, 5.41) is 0. The molecule has 0 aromatic heterocycles. The number of rotatable bonds is 1. The second-order valence-corrected chi connectivity index (χ2v) is 5.59. The SMILES string of the molecule is C=C(C)C1CCN(C(=O)OC(C)(C)C)CC1.CC. The molecule has 0 aromatic rings. The number of carbonyl (C=O) groups excluding carboxylic acids is 1. The van der Waals surface area contributed by atoms with Crippen molar-refractivity contribution in [1.82, 2.24) is 4.90 Å². The normalized spacial score (nSPS) is 16.7. The molecule has 0 radical (unpaired) electrons. The van der Waals surface area contributed by atoms with Crippen molar-refractivity contribution in [2.45, 2.75) is 60.0 Å². The largest absolute Gasteiger partial charge is 0.444 e. The van der Waals surface area contributed by atoms with Crippen LogP contribution in [0.25, 0.3) is 0 Å². The number of nitrogens with zero attached hydrogens (tertiary/aromatic N) is 1. The van der Waals surface area contributed by atoms with E-state index in [1.807, 2.05) is 34.6 Å². The van der Waals surface area contributed by atoms with Crippen molar-refractivity contribution in [3.05, 3.63) is 12.2 Å². The number of amides is 1. The number of hydrogen-bond acceptors (Lipinski definition) is 2. The summed E-state index contributed by atoms with van der Waals surface area (Å²) in [6.07, 6.45) is 1.83. The Bertz CT molecular complexity index is 271. The summed E-state index contributed by atoms with van der Waals surface area (Å²) in [5.41, 5.74) is 0.825. The molecule has 0 atom stereocenters. The lowest BCUT2D eigenvalue weighted by atomic mass is 9.91. The van der Waals surface area contributed by atoms with Gasteiger partial charge >= 0.3 is 6.09 Å². The Morgan fingerprint density at radius 2 is 1.67 bits per heavy atom. The van der Waals surface area contributed by atoms with Crippen LogP contribution in [-0.4, -0.2) is 29.7 Å². The van der Waals surface area contributed by atoms with E-state index in [0.717, 1.165) is 25.9 Å². The molecule has 18 heavy (non-hydrogen) atoms. The smallest absolute Gasteiger partial charge is 0.410 e. The molecular weight excluding hydrogens is 226 g/mol. The molecule has 0 spiro atoms. The van der Waals surface area contributed by atoms with Crippen LogP contribution in [0.2, 0.25) is 0 Å². The summed E-state index contributed by atoms with van der Waals surface area (Å²) in [4.78, 5) is 13.6. The molecule has 0 aromatic carbocycles. The first-order valence-electron chi connectivity index (χ1n) is 6.93. The number of ether oxygens (including phenoxy) is 1. The summed E-state index contributed by atoms with van der Waals surface area (Å²) in [6, 6.07) is 0. The van der Waals surface area contributed by atoms with E-state index in [2.05, 4.69) is 13.5 Å². The fraction of sp³-hybridized carbons (Fsp3) is 0.800. The minimum Gasteiger partial charge on any atom is -0.444 e. The van der Waals surface area contributed by atoms with E-state index >= 15 is 0 Å². The predicted octanol–water partition coefficient (Wildman–Crippen LogP) is 4.24. The molecule has 0 N–H and O–H groups in total. The van der Waals surface area contributed by atoms with Gasteiger partial charge in [0.05, 0.1) is 0 Å². The van der Waals surface area contributed by atoms with Gasteiger partial charge in [-0.05, 0) is 46.5 Å². The van der Waals surface area contributed by atoms with Gasteiger partial charge in [-0.1, -0.05) is 26.0 Å². The van der Waals surface area contributed by atoms with Crippen LogP contribution < -0.4 is 0 Å². The van der Waals surface area contributed by atoms with Gasteiger partial charge in [-0.15, -0.1) is 0 Å². The van der Waals surface area contributed by atoms with Crippen LogP contribution in [0.4, 0.5) is 4.79 Å². The zero-order chi connectivity index (χ0) is 14.3. The zero-order valence-corrected chi connectivity index (χ0v) is 12.9. The highest BCUT2D eigenvalue weighted by atomic mass is 16.6. The number of carbonyl (C=O) groups is 1. The average molecular weight is 255 g/mol. The maximum Gasteiger partial charge on any atom is 0.410 e. The second-order valence-electron chi connectivity index (χ2n) is 5.59. The van der Waals surface area contributed by atoms with Crippen LogP contribution in [0.3, 0.4) is 0 Å². The quantitative estimate of drug-likeness (QED) is 0.656. The van der Waals surface area contributed by atoms with Crippen LogP contribution >= 0.6 is 0 Å². The van der Waals surface area contributed by atoms with Crippen molar-refractivity contribution in [3.8, 4) is 0 Å². The minimum atomic E-state index is -0.401. The van der Waals surface area contributed by atoms with E-state index in [9.17, 15) is 4.79 Å². The fourth-order valence-corrected chi connectivity index (χ4v) is 1.88. The van der Waals surface area contributed by atoms with Crippen LogP contribution in [0.15, 0.2) is 12.2 Å². The molecule has 1 saturated heterocycles. The highest BCUT2D eigenvalue weighted by molar-refractivity contribution is 5.68. The Kier molecular flexibility index (Phi) is 7.04. The first-order chi connectivity index (χ1) is 8.29. The molecule has 1 rings (SSSR count). The highest BCUT2D eigenvalue weighted by Crippen LogP contribution is 2.24. The summed E-state index contributed by atoms with van der Waals surface area (Å²) in [5.74, 6) is 0.568. The Morgan fingerprint density at radius 1 is 1.22 bits per heavy atom. The topological polar surface area (TPSA) is 29.5 Å². The Hall–Kier alpha value is -0.990. The number of allylic oxidation sites excluding steroid dienone is 1. The van der Waals surface area contributed by atoms with Crippen LogP contribution in [0.1, 0.15) is 54.4 Å². The van der Waals surface area contributed by atoms with Crippen molar-refractivity contribution in [2.24, 2.45) is 5.92 Å². The molecule has 0 saturated carbocycles. The van der Waals surface area contributed by atoms with E-state index in [1.165, 1.54) is 5.57 Å². The lowest BCUT2D eigenvalue weighted by molar-refractivity contribution is 0.0194. The van der Waals surface area contributed by atoms with Gasteiger partial charge in [0, 0.05) is 13.1 Å². The third kappa shape index (κ3) is 6.08. The molecule has 1 amide bonds. The molecule has 0 bridgehead atoms. The molecule has 0 unspecified atom stereocenters. The summed E-state index contributed by atoms with van der Waals surface area (Å²) >= 11 is 0. The van der Waals surface area contributed by atoms with E-state index < -0.39 is 5.60 Å². The summed E-state index contributed by atoms with van der Waals surface area (Å²) < 4.78 is 5.34. The van der Waals surface area contributed by atoms with Crippen molar-refractivity contribution in [1.29, 1.82) is 0 Å². The van der Waals surface area contributed by atoms with Gasteiger partial charge < -0.3 is 9.64 Å². The first-order valence-corrected chi connectivity index (χ1v) is 6.93. The van der Waals surface area contributed by atoms with Gasteiger partial charge in [0.25, 0.3) is 0 Å². The van der Waals surface area contributed by atoms with Gasteiger partial charge in [0.15, 0.2) is 0 Å². The van der Waals surface area contributed by atoms with Gasteiger partial charge in [-0.3, -0.25) is 0 Å². The molecule has 0 aliphatic carbocycles. The Balaban J connectivity index is 0.00000137. The highest BCUT2D eigenvalue weighted by Gasteiger charge is 2.26. The molecular formula is C15H29NO2. The lowest BCUT2D eigenvalue weighted by Gasteiger charge is -2.33. The third-order valence-corrected chi connectivity index (χ3v) is 2.84. The third-order valence-electron chi connectivity index (χ3n) is 2.84. The molecule has 3 heteroatoms. The Morgan fingerprint density at radius 3 is 2.00 bits per heavy atom. The van der Waals surface area contributed by atoms with Gasteiger partial charge in [0.2, 0.25) is 0 Å². The van der Waals surface area contributed by atoms with Crippen LogP contribution in [0.5, 0.6) is 0 Å². The Labute approximate surface area is 112 Å². The van der Waals surface area contributed by atoms with E-state index in [1.54, 1.807) is 4.90 Å². The maximum absolute atomic E-state index is 11.8. The second kappa shape index (κ2) is 7.45. The van der Waals surface area contributed by atoms with Gasteiger partial charge in [-0.25, -0.2) is 4.79 Å². The summed E-state index contributed by atoms with van der Waals surface area (Å²) in [7, 11) is 0. The van der Waals surface area contributed by atoms with Crippen molar-refractivity contribution in [2.75, 3.05) is 13.1 Å². The van der Waals surface area contributed by atoms with Crippen molar-refractivity contribution in [3.63, 3.8) is 0 Å². The van der Waals surface area contributed by atoms with Crippen LogP contribution in [0, 0.1) is 5.92 Å². The van der Waals surface area contributed by atoms with E-state index in [4.69, 9.17) is 4.74 Å². The monoisotopic (exact) mass is 255 g/mol. The number of hydrogen-bond donors (Lipinski definition) is 0. The van der Waals surface area contributed by atoms with Crippen molar-refractivity contribution < 1.29 is 9.53 Å². The van der Waals surface area contributed by atoms with Gasteiger partial charge in [-0.2, -0.15) is 0 Å². The standard InChI is InChI=1S/C13H23NO2.C2H6/c1-10(2)11-6-8-14(9-7-11)12(15)16-13(3,4)5;1-2/h11H,1,6-9H2,2-5H3;1-2H3.